The summed E-state index contributed by atoms with van der Waals surface area (Å²) in [7, 11) is 0. The maximum atomic E-state index is 4.25. The van der Waals surface area contributed by atoms with Crippen LogP contribution in [0.15, 0.2) is 54.9 Å². The average Bonchev–Trinajstić information content (AvgIpc) is 3.23. The summed E-state index contributed by atoms with van der Waals surface area (Å²) in [6, 6.07) is 13.5. The van der Waals surface area contributed by atoms with Crippen LogP contribution >= 0.6 is 0 Å². The van der Waals surface area contributed by atoms with Gasteiger partial charge in [-0.1, -0.05) is 23.3 Å². The first kappa shape index (κ1) is 12.5. The molecule has 0 aliphatic carbocycles. The first-order chi connectivity index (χ1) is 10.9. The Hall–Kier alpha value is -3.29. The van der Waals surface area contributed by atoms with E-state index < -0.39 is 0 Å². The molecule has 0 saturated heterocycles. The van der Waals surface area contributed by atoms with Crippen LogP contribution in [0.1, 0.15) is 5.69 Å². The van der Waals surface area contributed by atoms with Crippen molar-refractivity contribution in [3.05, 3.63) is 60.6 Å². The first-order valence-corrected chi connectivity index (χ1v) is 6.77. The molecule has 0 fully saturated rings. The van der Waals surface area contributed by atoms with Crippen molar-refractivity contribution < 1.29 is 0 Å². The molecule has 0 amide bonds. The fraction of sp³-hybridized carbons (Fsp3) is 0.0714. The monoisotopic (exact) mass is 292 g/mol. The molecule has 0 saturated carbocycles. The highest BCUT2D eigenvalue weighted by Gasteiger charge is 2.08. The van der Waals surface area contributed by atoms with Crippen LogP contribution in [-0.4, -0.2) is 34.8 Å². The Morgan fingerprint density at radius 1 is 1.00 bits per heavy atom. The van der Waals surface area contributed by atoms with E-state index in [2.05, 4.69) is 30.9 Å². The molecule has 108 valence electrons. The Morgan fingerprint density at radius 3 is 2.82 bits per heavy atom. The molecule has 1 N–H and O–H groups in total. The third-order valence-corrected chi connectivity index (χ3v) is 3.27. The second-order valence-electron chi connectivity index (χ2n) is 4.64. The van der Waals surface area contributed by atoms with E-state index in [-0.39, 0.29) is 0 Å². The van der Waals surface area contributed by atoms with E-state index >= 15 is 0 Å². The van der Waals surface area contributed by atoms with Gasteiger partial charge in [-0.05, 0) is 28.6 Å². The molecule has 0 spiro atoms. The molecule has 1 aromatic carbocycles. The number of anilines is 1. The standard InChI is InChI=1S/C14H12N8/c1-2-4-11(5-3-1)22-14(18-19-20-22)16-10-12-6-8-15-13-7-9-17-21(12)13/h1-9H,10H2,(H,16,18,20). The predicted molar refractivity (Wildman–Crippen MR) is 79.5 cm³/mol. The molecule has 0 atom stereocenters. The molecular weight excluding hydrogens is 280 g/mol. The van der Waals surface area contributed by atoms with Crippen LogP contribution in [0.2, 0.25) is 0 Å². The minimum Gasteiger partial charge on any atom is -0.347 e. The van der Waals surface area contributed by atoms with Crippen molar-refractivity contribution in [3.8, 4) is 5.69 Å². The Balaban J connectivity index is 1.61. The number of hydrogen-bond acceptors (Lipinski definition) is 6. The third kappa shape index (κ3) is 2.16. The Labute approximate surface area is 125 Å². The molecule has 3 aromatic heterocycles. The molecular formula is C14H12N8. The molecule has 4 rings (SSSR count). The lowest BCUT2D eigenvalue weighted by molar-refractivity contribution is 0.786. The summed E-state index contributed by atoms with van der Waals surface area (Å²) < 4.78 is 3.44. The van der Waals surface area contributed by atoms with Gasteiger partial charge < -0.3 is 5.32 Å². The van der Waals surface area contributed by atoms with Gasteiger partial charge in [0.25, 0.3) is 0 Å². The van der Waals surface area contributed by atoms with Crippen molar-refractivity contribution in [2.75, 3.05) is 5.32 Å². The molecule has 4 aromatic rings. The molecule has 0 bridgehead atoms. The highest BCUT2D eigenvalue weighted by atomic mass is 15.6. The lowest BCUT2D eigenvalue weighted by Gasteiger charge is -2.08. The van der Waals surface area contributed by atoms with Crippen molar-refractivity contribution in [3.63, 3.8) is 0 Å². The highest BCUT2D eigenvalue weighted by molar-refractivity contribution is 5.40. The number of rotatable bonds is 4. The first-order valence-electron chi connectivity index (χ1n) is 6.77. The normalized spacial score (nSPS) is 10.9. The van der Waals surface area contributed by atoms with E-state index in [0.29, 0.717) is 12.5 Å². The third-order valence-electron chi connectivity index (χ3n) is 3.27. The maximum absolute atomic E-state index is 4.25. The van der Waals surface area contributed by atoms with Gasteiger partial charge in [0.1, 0.15) is 0 Å². The second-order valence-corrected chi connectivity index (χ2v) is 4.64. The van der Waals surface area contributed by atoms with Crippen LogP contribution in [0.3, 0.4) is 0 Å². The van der Waals surface area contributed by atoms with E-state index in [1.54, 1.807) is 21.6 Å². The number of aromatic nitrogens is 7. The van der Waals surface area contributed by atoms with E-state index in [1.165, 1.54) is 0 Å². The molecule has 0 aliphatic rings. The van der Waals surface area contributed by atoms with Crippen molar-refractivity contribution in [2.45, 2.75) is 6.54 Å². The van der Waals surface area contributed by atoms with Gasteiger partial charge in [0.05, 0.1) is 24.1 Å². The number of nitrogens with one attached hydrogen (secondary N) is 1. The zero-order valence-corrected chi connectivity index (χ0v) is 11.5. The van der Waals surface area contributed by atoms with Crippen molar-refractivity contribution in [2.24, 2.45) is 0 Å². The minimum atomic E-state index is 0.536. The summed E-state index contributed by atoms with van der Waals surface area (Å²) in [5.74, 6) is 0.573. The van der Waals surface area contributed by atoms with Gasteiger partial charge in [-0.2, -0.15) is 9.78 Å². The van der Waals surface area contributed by atoms with Gasteiger partial charge in [-0.15, -0.1) is 0 Å². The Bertz CT molecular complexity index is 895. The van der Waals surface area contributed by atoms with Gasteiger partial charge in [-0.25, -0.2) is 9.50 Å². The number of hydrogen-bond donors (Lipinski definition) is 1. The zero-order valence-electron chi connectivity index (χ0n) is 11.5. The Morgan fingerprint density at radius 2 is 1.91 bits per heavy atom. The minimum absolute atomic E-state index is 0.536. The van der Waals surface area contributed by atoms with E-state index in [1.807, 2.05) is 42.5 Å². The fourth-order valence-electron chi connectivity index (χ4n) is 2.23. The maximum Gasteiger partial charge on any atom is 0.248 e. The lowest BCUT2D eigenvalue weighted by atomic mass is 10.3. The molecule has 22 heavy (non-hydrogen) atoms. The SMILES string of the molecule is c1ccc(-n2nnnc2NCc2ccnc3ccnn23)cc1. The van der Waals surface area contributed by atoms with Crippen LogP contribution in [-0.2, 0) is 6.54 Å². The smallest absolute Gasteiger partial charge is 0.248 e. The summed E-state index contributed by atoms with van der Waals surface area (Å²) in [5, 5.41) is 19.2. The summed E-state index contributed by atoms with van der Waals surface area (Å²) in [6.07, 6.45) is 3.48. The lowest BCUT2D eigenvalue weighted by Crippen LogP contribution is -2.10. The molecule has 3 heterocycles. The largest absolute Gasteiger partial charge is 0.347 e. The van der Waals surface area contributed by atoms with E-state index in [0.717, 1.165) is 17.0 Å². The summed E-state index contributed by atoms with van der Waals surface area (Å²) in [4.78, 5) is 4.24. The Kier molecular flexibility index (Phi) is 2.97. The van der Waals surface area contributed by atoms with Crippen molar-refractivity contribution in [1.29, 1.82) is 0 Å². The van der Waals surface area contributed by atoms with Gasteiger partial charge in [0.2, 0.25) is 5.95 Å². The van der Waals surface area contributed by atoms with Crippen molar-refractivity contribution >= 4 is 11.6 Å². The van der Waals surface area contributed by atoms with Crippen LogP contribution in [0.25, 0.3) is 11.3 Å². The summed E-state index contributed by atoms with van der Waals surface area (Å²) >= 11 is 0. The highest BCUT2D eigenvalue weighted by Crippen LogP contribution is 2.12. The number of benzene rings is 1. The average molecular weight is 292 g/mol. The van der Waals surface area contributed by atoms with Crippen LogP contribution in [0.4, 0.5) is 5.95 Å². The number of fused-ring (bicyclic) bond motifs is 1. The molecule has 0 unspecified atom stereocenters. The van der Waals surface area contributed by atoms with Gasteiger partial charge in [0.15, 0.2) is 5.65 Å². The van der Waals surface area contributed by atoms with Crippen LogP contribution in [0.5, 0.6) is 0 Å². The number of tetrazole rings is 1. The van der Waals surface area contributed by atoms with Crippen LogP contribution < -0.4 is 5.32 Å². The van der Waals surface area contributed by atoms with Crippen LogP contribution in [0, 0.1) is 0 Å². The molecule has 8 nitrogen and oxygen atoms in total. The van der Waals surface area contributed by atoms with Gasteiger partial charge >= 0.3 is 0 Å². The topological polar surface area (TPSA) is 85.8 Å². The molecule has 8 heteroatoms. The molecule has 0 radical (unpaired) electrons. The number of nitrogens with zero attached hydrogens (tertiary/aromatic N) is 7. The molecule has 0 aliphatic heterocycles. The van der Waals surface area contributed by atoms with Crippen molar-refractivity contribution in [1.82, 2.24) is 34.8 Å². The summed E-state index contributed by atoms with van der Waals surface area (Å²) in [5.41, 5.74) is 2.67. The van der Waals surface area contributed by atoms with Gasteiger partial charge in [0, 0.05) is 12.3 Å². The zero-order chi connectivity index (χ0) is 14.8. The second kappa shape index (κ2) is 5.24. The van der Waals surface area contributed by atoms with Gasteiger partial charge in [-0.3, -0.25) is 0 Å². The quantitative estimate of drug-likeness (QED) is 0.610. The summed E-state index contributed by atoms with van der Waals surface area (Å²) in [6.45, 7) is 0.536. The van der Waals surface area contributed by atoms with E-state index in [9.17, 15) is 0 Å². The van der Waals surface area contributed by atoms with E-state index in [4.69, 9.17) is 0 Å². The number of para-hydroxylation sites is 1. The fourth-order valence-corrected chi connectivity index (χ4v) is 2.23. The predicted octanol–water partition coefficient (Wildman–Crippen LogP) is 1.32.